The first kappa shape index (κ1) is 22.3. The van der Waals surface area contributed by atoms with Crippen molar-refractivity contribution < 1.29 is 24.0 Å². The van der Waals surface area contributed by atoms with Gasteiger partial charge in [-0.1, -0.05) is 6.92 Å². The minimum absolute atomic E-state index is 0.408. The lowest BCUT2D eigenvalue weighted by molar-refractivity contribution is 0.275. The van der Waals surface area contributed by atoms with E-state index in [1.807, 2.05) is 24.4 Å². The van der Waals surface area contributed by atoms with Crippen LogP contribution >= 0.6 is 7.82 Å². The maximum Gasteiger partial charge on any atom is 0.466 e. The predicted octanol–water partition coefficient (Wildman–Crippen LogP) is 2.55. The van der Waals surface area contributed by atoms with E-state index in [9.17, 15) is 0 Å². The fraction of sp³-hybridized carbons (Fsp3) is 0.471. The second-order valence-corrected chi connectivity index (χ2v) is 6.92. The third-order valence-electron chi connectivity index (χ3n) is 3.88. The monoisotopic (exact) mass is 385 g/mol. The van der Waals surface area contributed by atoms with Crippen molar-refractivity contribution in [3.8, 4) is 5.75 Å². The molecule has 6 N–H and O–H groups in total. The predicted molar refractivity (Wildman–Crippen MR) is 103 cm³/mol. The number of aromatic nitrogens is 1. The van der Waals surface area contributed by atoms with Gasteiger partial charge in [0.15, 0.2) is 0 Å². The van der Waals surface area contributed by atoms with Crippen LogP contribution in [0.5, 0.6) is 5.75 Å². The molecule has 0 saturated heterocycles. The summed E-state index contributed by atoms with van der Waals surface area (Å²) in [5.74, 6) is 0.856. The first-order valence-corrected chi connectivity index (χ1v) is 9.94. The molecule has 1 heterocycles. The Morgan fingerprint density at radius 3 is 2.54 bits per heavy atom. The summed E-state index contributed by atoms with van der Waals surface area (Å²) in [5, 5.41) is 4.74. The van der Waals surface area contributed by atoms with Gasteiger partial charge in [0.1, 0.15) is 5.75 Å². The van der Waals surface area contributed by atoms with Gasteiger partial charge in [-0.25, -0.2) is 4.57 Å². The third kappa shape index (κ3) is 7.68. The molecule has 2 aromatic rings. The first-order chi connectivity index (χ1) is 12.2. The number of hydrogen-bond acceptors (Lipinski definition) is 5. The highest BCUT2D eigenvalue weighted by atomic mass is 31.2. The van der Waals surface area contributed by atoms with E-state index in [2.05, 4.69) is 24.1 Å². The number of ether oxygens (including phenoxy) is 1. The summed E-state index contributed by atoms with van der Waals surface area (Å²) in [4.78, 5) is 26.1. The average Bonchev–Trinajstić information content (AvgIpc) is 2.57. The van der Waals surface area contributed by atoms with Crippen LogP contribution in [-0.4, -0.2) is 39.4 Å². The quantitative estimate of drug-likeness (QED) is 0.459. The van der Waals surface area contributed by atoms with Crippen LogP contribution in [0.25, 0.3) is 10.9 Å². The molecular formula is C17H28N3O5P. The lowest BCUT2D eigenvalue weighted by atomic mass is 10.1. The van der Waals surface area contributed by atoms with Crippen LogP contribution in [0, 0.1) is 6.92 Å². The van der Waals surface area contributed by atoms with Crippen LogP contribution in [0.2, 0.25) is 0 Å². The first-order valence-electron chi connectivity index (χ1n) is 8.37. The molecule has 0 fully saturated rings. The summed E-state index contributed by atoms with van der Waals surface area (Å²) in [6, 6.07) is 6.51. The number of pyridine rings is 1. The SMILES string of the molecule is CCC(CCCN)Nc1cc(OC)cc2c(C)ccnc12.O=P(O)(O)O. The third-order valence-corrected chi connectivity index (χ3v) is 3.88. The number of nitrogens with zero attached hydrogens (tertiary/aromatic N) is 1. The van der Waals surface area contributed by atoms with Crippen molar-refractivity contribution in [2.45, 2.75) is 39.2 Å². The molecular weight excluding hydrogens is 357 g/mol. The van der Waals surface area contributed by atoms with Crippen LogP contribution in [0.4, 0.5) is 5.69 Å². The van der Waals surface area contributed by atoms with Crippen LogP contribution in [-0.2, 0) is 4.57 Å². The number of anilines is 1. The van der Waals surface area contributed by atoms with E-state index in [4.69, 9.17) is 29.7 Å². The molecule has 9 heteroatoms. The molecule has 8 nitrogen and oxygen atoms in total. The Labute approximate surface area is 153 Å². The lowest BCUT2D eigenvalue weighted by Gasteiger charge is -2.20. The Balaban J connectivity index is 0.000000597. The summed E-state index contributed by atoms with van der Waals surface area (Å²) in [6.07, 6.45) is 5.01. The fourth-order valence-electron chi connectivity index (χ4n) is 2.55. The number of rotatable bonds is 7. The molecule has 1 atom stereocenters. The number of methoxy groups -OCH3 is 1. The summed E-state index contributed by atoms with van der Waals surface area (Å²) in [5.41, 5.74) is 8.87. The second-order valence-electron chi connectivity index (χ2n) is 5.89. The van der Waals surface area contributed by atoms with E-state index >= 15 is 0 Å². The largest absolute Gasteiger partial charge is 0.497 e. The Bertz CT molecular complexity index is 742. The van der Waals surface area contributed by atoms with Gasteiger partial charge >= 0.3 is 7.82 Å². The minimum atomic E-state index is -4.64. The van der Waals surface area contributed by atoms with E-state index in [1.165, 1.54) is 5.56 Å². The molecule has 1 unspecified atom stereocenters. The highest BCUT2D eigenvalue weighted by Gasteiger charge is 2.12. The summed E-state index contributed by atoms with van der Waals surface area (Å²) < 4.78 is 14.3. The summed E-state index contributed by atoms with van der Waals surface area (Å²) in [7, 11) is -2.94. The molecule has 0 aliphatic heterocycles. The number of benzene rings is 1. The van der Waals surface area contributed by atoms with E-state index in [0.29, 0.717) is 6.04 Å². The highest BCUT2D eigenvalue weighted by Crippen LogP contribution is 2.30. The maximum atomic E-state index is 8.88. The van der Waals surface area contributed by atoms with Crippen molar-refractivity contribution >= 4 is 24.4 Å². The zero-order chi connectivity index (χ0) is 19.7. The summed E-state index contributed by atoms with van der Waals surface area (Å²) in [6.45, 7) is 5.02. The molecule has 0 amide bonds. The lowest BCUT2D eigenvalue weighted by Crippen LogP contribution is -2.20. The fourth-order valence-corrected chi connectivity index (χ4v) is 2.55. The van der Waals surface area contributed by atoms with Gasteiger partial charge in [0.2, 0.25) is 0 Å². The van der Waals surface area contributed by atoms with Crippen molar-refractivity contribution in [3.05, 3.63) is 30.0 Å². The number of hydrogen-bond donors (Lipinski definition) is 5. The zero-order valence-corrected chi connectivity index (χ0v) is 16.2. The van der Waals surface area contributed by atoms with Gasteiger partial charge in [-0.05, 0) is 50.4 Å². The topological polar surface area (TPSA) is 138 Å². The molecule has 1 aromatic heterocycles. The van der Waals surface area contributed by atoms with Crippen LogP contribution in [0.1, 0.15) is 31.7 Å². The standard InChI is InChI=1S/C17H25N3O.H3O4P/c1-4-13(6-5-8-18)20-16-11-14(21-3)10-15-12(2)7-9-19-17(15)16;1-5(2,3)4/h7,9-11,13,20H,4-6,8,18H2,1-3H3;(H3,1,2,3,4). The molecule has 0 saturated carbocycles. The molecule has 2 rings (SSSR count). The van der Waals surface area contributed by atoms with Crippen LogP contribution in [0.15, 0.2) is 24.4 Å². The number of phosphoric acid groups is 1. The number of nitrogens with one attached hydrogen (secondary N) is 1. The second kappa shape index (κ2) is 10.4. The number of fused-ring (bicyclic) bond motifs is 1. The minimum Gasteiger partial charge on any atom is -0.497 e. The van der Waals surface area contributed by atoms with E-state index in [0.717, 1.165) is 48.1 Å². The maximum absolute atomic E-state index is 8.88. The van der Waals surface area contributed by atoms with Crippen molar-refractivity contribution in [1.29, 1.82) is 0 Å². The van der Waals surface area contributed by atoms with Crippen molar-refractivity contribution in [2.24, 2.45) is 5.73 Å². The van der Waals surface area contributed by atoms with Crippen molar-refractivity contribution in [2.75, 3.05) is 19.0 Å². The van der Waals surface area contributed by atoms with Crippen molar-refractivity contribution in [1.82, 2.24) is 4.98 Å². The molecule has 146 valence electrons. The highest BCUT2D eigenvalue weighted by molar-refractivity contribution is 7.45. The molecule has 0 bridgehead atoms. The number of aryl methyl sites for hydroxylation is 1. The van der Waals surface area contributed by atoms with Gasteiger partial charge in [0.25, 0.3) is 0 Å². The average molecular weight is 385 g/mol. The molecule has 0 aliphatic carbocycles. The Morgan fingerprint density at radius 1 is 1.35 bits per heavy atom. The molecule has 0 spiro atoms. The van der Waals surface area contributed by atoms with E-state index < -0.39 is 7.82 Å². The Hall–Kier alpha value is -1.70. The van der Waals surface area contributed by atoms with Gasteiger partial charge in [-0.15, -0.1) is 0 Å². The van der Waals surface area contributed by atoms with Gasteiger partial charge in [-0.2, -0.15) is 0 Å². The molecule has 0 radical (unpaired) electrons. The molecule has 0 aliphatic rings. The molecule has 1 aromatic carbocycles. The van der Waals surface area contributed by atoms with Crippen LogP contribution in [0.3, 0.4) is 0 Å². The van der Waals surface area contributed by atoms with Crippen LogP contribution < -0.4 is 15.8 Å². The van der Waals surface area contributed by atoms with Gasteiger partial charge in [0.05, 0.1) is 18.3 Å². The van der Waals surface area contributed by atoms with E-state index in [-0.39, 0.29) is 0 Å². The summed E-state index contributed by atoms with van der Waals surface area (Å²) >= 11 is 0. The van der Waals surface area contributed by atoms with Gasteiger partial charge in [-0.3, -0.25) is 4.98 Å². The normalized spacial score (nSPS) is 12.3. The van der Waals surface area contributed by atoms with Gasteiger partial charge in [0, 0.05) is 23.7 Å². The molecule has 26 heavy (non-hydrogen) atoms. The Morgan fingerprint density at radius 2 is 2.00 bits per heavy atom. The Kier molecular flexibility index (Phi) is 8.98. The smallest absolute Gasteiger partial charge is 0.466 e. The zero-order valence-electron chi connectivity index (χ0n) is 15.3. The van der Waals surface area contributed by atoms with E-state index in [1.54, 1.807) is 7.11 Å². The number of nitrogens with two attached hydrogens (primary N) is 1. The van der Waals surface area contributed by atoms with Gasteiger partial charge < -0.3 is 30.5 Å². The van der Waals surface area contributed by atoms with Crippen molar-refractivity contribution in [3.63, 3.8) is 0 Å².